The lowest BCUT2D eigenvalue weighted by atomic mass is 10.1. The molecule has 1 aliphatic heterocycles. The van der Waals surface area contributed by atoms with Crippen molar-refractivity contribution in [2.75, 3.05) is 38.2 Å². The van der Waals surface area contributed by atoms with Gasteiger partial charge in [-0.05, 0) is 62.3 Å². The molecule has 0 spiro atoms. The molecule has 1 fully saturated rings. The normalized spacial score (nSPS) is 14.2. The van der Waals surface area contributed by atoms with E-state index in [2.05, 4.69) is 15.3 Å². The minimum atomic E-state index is -4.57. The lowest BCUT2D eigenvalue weighted by Gasteiger charge is -2.18. The van der Waals surface area contributed by atoms with Crippen molar-refractivity contribution >= 4 is 11.6 Å². The van der Waals surface area contributed by atoms with Gasteiger partial charge in [0.2, 0.25) is 0 Å². The Morgan fingerprint density at radius 3 is 2.54 bits per heavy atom. The van der Waals surface area contributed by atoms with Crippen molar-refractivity contribution in [1.29, 1.82) is 0 Å². The number of carbonyl (C=O) groups is 1. The molecule has 3 aromatic rings. The topological polar surface area (TPSA) is 68.6 Å². The number of aryl methyl sites for hydroxylation is 1. The molecular weight excluding hydrogens is 461 g/mol. The molecule has 7 nitrogen and oxygen atoms in total. The van der Waals surface area contributed by atoms with Crippen molar-refractivity contribution in [1.82, 2.24) is 14.7 Å². The number of halogens is 3. The Balaban J connectivity index is 1.44. The van der Waals surface area contributed by atoms with Gasteiger partial charge >= 0.3 is 6.18 Å². The molecule has 2 heterocycles. The van der Waals surface area contributed by atoms with Crippen LogP contribution in [-0.4, -0.2) is 53.4 Å². The largest absolute Gasteiger partial charge is 0.492 e. The van der Waals surface area contributed by atoms with Crippen LogP contribution in [0.25, 0.3) is 11.3 Å². The first-order valence-corrected chi connectivity index (χ1v) is 11.4. The second-order valence-electron chi connectivity index (χ2n) is 8.28. The highest BCUT2D eigenvalue weighted by Gasteiger charge is 2.34. The number of alkyl halides is 3. The first-order chi connectivity index (χ1) is 16.8. The van der Waals surface area contributed by atoms with Crippen molar-refractivity contribution in [3.63, 3.8) is 0 Å². The van der Waals surface area contributed by atoms with Crippen LogP contribution in [0.4, 0.5) is 18.9 Å². The molecule has 0 unspecified atom stereocenters. The zero-order valence-corrected chi connectivity index (χ0v) is 19.3. The number of rotatable bonds is 9. The van der Waals surface area contributed by atoms with Crippen LogP contribution in [0.15, 0.2) is 54.7 Å². The number of para-hydroxylation sites is 1. The molecular formula is C25H27F3N4O3. The average Bonchev–Trinajstić information content (AvgIpc) is 3.50. The second-order valence-corrected chi connectivity index (χ2v) is 8.28. The summed E-state index contributed by atoms with van der Waals surface area (Å²) < 4.78 is 52.4. The van der Waals surface area contributed by atoms with E-state index in [0.717, 1.165) is 37.0 Å². The lowest BCUT2D eigenvalue weighted by Crippen LogP contribution is -2.25. The first-order valence-electron chi connectivity index (χ1n) is 11.4. The summed E-state index contributed by atoms with van der Waals surface area (Å²) in [7, 11) is 1.81. The van der Waals surface area contributed by atoms with Crippen molar-refractivity contribution in [3.05, 3.63) is 60.3 Å². The van der Waals surface area contributed by atoms with Gasteiger partial charge < -0.3 is 14.8 Å². The van der Waals surface area contributed by atoms with Crippen LogP contribution in [0.1, 0.15) is 18.4 Å². The highest BCUT2D eigenvalue weighted by Crippen LogP contribution is 2.36. The van der Waals surface area contributed by atoms with Gasteiger partial charge in [-0.3, -0.25) is 14.4 Å². The number of amides is 1. The van der Waals surface area contributed by atoms with E-state index in [4.69, 9.17) is 9.47 Å². The van der Waals surface area contributed by atoms with Crippen molar-refractivity contribution in [2.24, 2.45) is 7.05 Å². The standard InChI is InChI=1S/C25H27F3N4O3/c1-31-21(10-11-29-31)19-16-18(8-9-22(19)34-15-14-32-12-4-5-13-32)30-24(33)17-35-23-7-3-2-6-20(23)25(26,27)28/h2-3,6-11,16H,4-5,12-15,17H2,1H3,(H,30,33). The highest BCUT2D eigenvalue weighted by molar-refractivity contribution is 5.93. The van der Waals surface area contributed by atoms with Gasteiger partial charge in [-0.1, -0.05) is 12.1 Å². The molecule has 0 atom stereocenters. The summed E-state index contributed by atoms with van der Waals surface area (Å²) in [5, 5.41) is 6.89. The summed E-state index contributed by atoms with van der Waals surface area (Å²) in [4.78, 5) is 14.8. The molecule has 186 valence electrons. The van der Waals surface area contributed by atoms with E-state index < -0.39 is 30.0 Å². The van der Waals surface area contributed by atoms with E-state index in [0.29, 0.717) is 18.0 Å². The molecule has 4 rings (SSSR count). The summed E-state index contributed by atoms with van der Waals surface area (Å²) in [6.45, 7) is 2.96. The average molecular weight is 489 g/mol. The summed E-state index contributed by atoms with van der Waals surface area (Å²) in [6.07, 6.45) is -0.490. The number of likely N-dealkylation sites (tertiary alicyclic amines) is 1. The fourth-order valence-electron chi connectivity index (χ4n) is 4.03. The molecule has 1 N–H and O–H groups in total. The molecule has 10 heteroatoms. The van der Waals surface area contributed by atoms with Crippen LogP contribution in [0.5, 0.6) is 11.5 Å². The number of hydrogen-bond acceptors (Lipinski definition) is 5. The number of hydrogen-bond donors (Lipinski definition) is 1. The molecule has 1 aromatic heterocycles. The third kappa shape index (κ3) is 6.33. The molecule has 1 saturated heterocycles. The van der Waals surface area contributed by atoms with Gasteiger partial charge in [0, 0.05) is 31.0 Å². The third-order valence-electron chi connectivity index (χ3n) is 5.78. The van der Waals surface area contributed by atoms with Gasteiger partial charge in [0.1, 0.15) is 18.1 Å². The Bertz CT molecular complexity index is 1160. The van der Waals surface area contributed by atoms with Gasteiger partial charge in [-0.15, -0.1) is 0 Å². The lowest BCUT2D eigenvalue weighted by molar-refractivity contribution is -0.139. The fourth-order valence-corrected chi connectivity index (χ4v) is 4.03. The molecule has 0 bridgehead atoms. The van der Waals surface area contributed by atoms with E-state index in [-0.39, 0.29) is 0 Å². The number of anilines is 1. The third-order valence-corrected chi connectivity index (χ3v) is 5.78. The molecule has 0 saturated carbocycles. The van der Waals surface area contributed by atoms with Crippen LogP contribution in [0.3, 0.4) is 0 Å². The monoisotopic (exact) mass is 488 g/mol. The van der Waals surface area contributed by atoms with Crippen molar-refractivity contribution in [2.45, 2.75) is 19.0 Å². The fraction of sp³-hybridized carbons (Fsp3) is 0.360. The molecule has 0 radical (unpaired) electrons. The Morgan fingerprint density at radius 2 is 1.83 bits per heavy atom. The first kappa shape index (κ1) is 24.6. The predicted molar refractivity (Wildman–Crippen MR) is 125 cm³/mol. The van der Waals surface area contributed by atoms with E-state index in [9.17, 15) is 18.0 Å². The minimum Gasteiger partial charge on any atom is -0.492 e. The maximum Gasteiger partial charge on any atom is 0.419 e. The smallest absolute Gasteiger partial charge is 0.419 e. The maximum absolute atomic E-state index is 13.1. The Kier molecular flexibility index (Phi) is 7.60. The van der Waals surface area contributed by atoms with Crippen molar-refractivity contribution < 1.29 is 27.4 Å². The van der Waals surface area contributed by atoms with Crippen LogP contribution in [0, 0.1) is 0 Å². The quantitative estimate of drug-likeness (QED) is 0.477. The maximum atomic E-state index is 13.1. The van der Waals surface area contributed by atoms with E-state index in [1.165, 1.54) is 31.0 Å². The van der Waals surface area contributed by atoms with Gasteiger partial charge in [0.05, 0.1) is 11.3 Å². The van der Waals surface area contributed by atoms with Gasteiger partial charge in [0.25, 0.3) is 5.91 Å². The number of carbonyl (C=O) groups excluding carboxylic acids is 1. The van der Waals surface area contributed by atoms with Gasteiger partial charge in [0.15, 0.2) is 6.61 Å². The van der Waals surface area contributed by atoms with Crippen LogP contribution >= 0.6 is 0 Å². The summed E-state index contributed by atoms with van der Waals surface area (Å²) in [5.41, 5.74) is 1.08. The van der Waals surface area contributed by atoms with Gasteiger partial charge in [-0.25, -0.2) is 0 Å². The summed E-state index contributed by atoms with van der Waals surface area (Å²) in [5.74, 6) is -0.325. The zero-order chi connectivity index (χ0) is 24.8. The zero-order valence-electron chi connectivity index (χ0n) is 19.3. The molecule has 35 heavy (non-hydrogen) atoms. The SMILES string of the molecule is Cn1nccc1-c1cc(NC(=O)COc2ccccc2C(F)(F)F)ccc1OCCN1CCCC1. The Hall–Kier alpha value is -3.53. The van der Waals surface area contributed by atoms with Crippen LogP contribution < -0.4 is 14.8 Å². The van der Waals surface area contributed by atoms with E-state index >= 15 is 0 Å². The molecule has 1 amide bonds. The molecule has 2 aromatic carbocycles. The number of benzene rings is 2. The summed E-state index contributed by atoms with van der Waals surface area (Å²) in [6, 6.07) is 11.8. The predicted octanol–water partition coefficient (Wildman–Crippen LogP) is 4.60. The Morgan fingerprint density at radius 1 is 1.06 bits per heavy atom. The van der Waals surface area contributed by atoms with E-state index in [1.807, 2.05) is 6.07 Å². The highest BCUT2D eigenvalue weighted by atomic mass is 19.4. The van der Waals surface area contributed by atoms with Crippen LogP contribution in [0.2, 0.25) is 0 Å². The number of ether oxygens (including phenoxy) is 2. The second kappa shape index (κ2) is 10.8. The number of aromatic nitrogens is 2. The van der Waals surface area contributed by atoms with Crippen LogP contribution in [-0.2, 0) is 18.0 Å². The van der Waals surface area contributed by atoms with Crippen molar-refractivity contribution in [3.8, 4) is 22.8 Å². The molecule has 0 aliphatic carbocycles. The minimum absolute atomic E-state index is 0.396. The summed E-state index contributed by atoms with van der Waals surface area (Å²) >= 11 is 0. The van der Waals surface area contributed by atoms with Gasteiger partial charge in [-0.2, -0.15) is 18.3 Å². The number of nitrogens with one attached hydrogen (secondary N) is 1. The molecule has 1 aliphatic rings. The Labute approximate surface area is 201 Å². The van der Waals surface area contributed by atoms with E-state index in [1.54, 1.807) is 36.1 Å². The number of nitrogens with zero attached hydrogens (tertiary/aromatic N) is 3.